The van der Waals surface area contributed by atoms with Gasteiger partial charge in [-0.05, 0) is 19.1 Å². The zero-order valence-electron chi connectivity index (χ0n) is 8.61. The highest BCUT2D eigenvalue weighted by molar-refractivity contribution is 5.92. The summed E-state index contributed by atoms with van der Waals surface area (Å²) in [6, 6.07) is 3.18. The number of fused-ring (bicyclic) bond motifs is 1. The first-order valence-electron chi connectivity index (χ1n) is 4.73. The SMILES string of the molecule is COc1ccc(C(=O)O)c2c1CC(C)O2. The van der Waals surface area contributed by atoms with Gasteiger partial charge >= 0.3 is 5.97 Å². The van der Waals surface area contributed by atoms with E-state index in [1.54, 1.807) is 13.2 Å². The fourth-order valence-corrected chi connectivity index (χ4v) is 1.83. The number of carbonyl (C=O) groups is 1. The Bertz CT molecular complexity index is 411. The molecule has 0 aromatic heterocycles. The minimum Gasteiger partial charge on any atom is -0.496 e. The van der Waals surface area contributed by atoms with Crippen LogP contribution in [-0.4, -0.2) is 24.3 Å². The highest BCUT2D eigenvalue weighted by Gasteiger charge is 2.28. The van der Waals surface area contributed by atoms with Crippen LogP contribution in [0.5, 0.6) is 11.5 Å². The Kier molecular flexibility index (Phi) is 2.26. The largest absolute Gasteiger partial charge is 0.496 e. The number of benzene rings is 1. The number of aromatic carboxylic acids is 1. The molecule has 1 unspecified atom stereocenters. The number of methoxy groups -OCH3 is 1. The van der Waals surface area contributed by atoms with Crippen LogP contribution in [0, 0.1) is 0 Å². The summed E-state index contributed by atoms with van der Waals surface area (Å²) in [5, 5.41) is 8.98. The van der Waals surface area contributed by atoms with Crippen molar-refractivity contribution in [3.8, 4) is 11.5 Å². The molecule has 2 rings (SSSR count). The Hall–Kier alpha value is -1.71. The summed E-state index contributed by atoms with van der Waals surface area (Å²) < 4.78 is 10.6. The van der Waals surface area contributed by atoms with Crippen LogP contribution < -0.4 is 9.47 Å². The van der Waals surface area contributed by atoms with Crippen molar-refractivity contribution in [1.29, 1.82) is 0 Å². The van der Waals surface area contributed by atoms with Crippen molar-refractivity contribution in [3.05, 3.63) is 23.3 Å². The van der Waals surface area contributed by atoms with Gasteiger partial charge in [0, 0.05) is 12.0 Å². The summed E-state index contributed by atoms with van der Waals surface area (Å²) >= 11 is 0. The van der Waals surface area contributed by atoms with Gasteiger partial charge in [0.2, 0.25) is 0 Å². The molecule has 0 spiro atoms. The van der Waals surface area contributed by atoms with E-state index >= 15 is 0 Å². The van der Waals surface area contributed by atoms with E-state index in [0.29, 0.717) is 17.9 Å². The van der Waals surface area contributed by atoms with Gasteiger partial charge < -0.3 is 14.6 Å². The summed E-state index contributed by atoms with van der Waals surface area (Å²) in [5.74, 6) is 0.178. The summed E-state index contributed by atoms with van der Waals surface area (Å²) in [6.45, 7) is 1.91. The van der Waals surface area contributed by atoms with E-state index in [9.17, 15) is 4.79 Å². The summed E-state index contributed by atoms with van der Waals surface area (Å²) in [5.41, 5.74) is 1.06. The Morgan fingerprint density at radius 3 is 2.93 bits per heavy atom. The zero-order chi connectivity index (χ0) is 11.0. The van der Waals surface area contributed by atoms with E-state index in [1.165, 1.54) is 6.07 Å². The number of ether oxygens (including phenoxy) is 2. The number of carboxylic acid groups (broad SMARTS) is 1. The van der Waals surface area contributed by atoms with Gasteiger partial charge in [-0.1, -0.05) is 0 Å². The van der Waals surface area contributed by atoms with E-state index in [2.05, 4.69) is 0 Å². The fraction of sp³-hybridized carbons (Fsp3) is 0.364. The van der Waals surface area contributed by atoms with Crippen LogP contribution in [0.3, 0.4) is 0 Å². The van der Waals surface area contributed by atoms with Crippen molar-refractivity contribution in [2.24, 2.45) is 0 Å². The molecule has 0 bridgehead atoms. The molecule has 1 aliphatic heterocycles. The highest BCUT2D eigenvalue weighted by Crippen LogP contribution is 2.38. The second kappa shape index (κ2) is 3.46. The number of hydrogen-bond donors (Lipinski definition) is 1. The molecule has 4 nitrogen and oxygen atoms in total. The van der Waals surface area contributed by atoms with E-state index in [0.717, 1.165) is 5.56 Å². The third-order valence-corrected chi connectivity index (χ3v) is 2.48. The Balaban J connectivity index is 2.57. The Morgan fingerprint density at radius 1 is 1.60 bits per heavy atom. The third kappa shape index (κ3) is 1.52. The molecule has 0 saturated heterocycles. The highest BCUT2D eigenvalue weighted by atomic mass is 16.5. The van der Waals surface area contributed by atoms with Gasteiger partial charge in [0.05, 0.1) is 7.11 Å². The van der Waals surface area contributed by atoms with E-state index in [1.807, 2.05) is 6.92 Å². The van der Waals surface area contributed by atoms with Gasteiger partial charge in [0.15, 0.2) is 0 Å². The second-order valence-corrected chi connectivity index (χ2v) is 3.56. The second-order valence-electron chi connectivity index (χ2n) is 3.56. The summed E-state index contributed by atoms with van der Waals surface area (Å²) in [7, 11) is 1.57. The van der Waals surface area contributed by atoms with Gasteiger partial charge in [0.1, 0.15) is 23.2 Å². The molecule has 0 saturated carbocycles. The summed E-state index contributed by atoms with van der Waals surface area (Å²) in [6.07, 6.45) is 0.703. The van der Waals surface area contributed by atoms with Crippen LogP contribution in [0.2, 0.25) is 0 Å². The molecule has 80 valence electrons. The average Bonchev–Trinajstić information content (AvgIpc) is 2.56. The van der Waals surface area contributed by atoms with Gasteiger partial charge in [0.25, 0.3) is 0 Å². The van der Waals surface area contributed by atoms with Crippen LogP contribution in [0.1, 0.15) is 22.8 Å². The maximum absolute atomic E-state index is 10.9. The first-order chi connectivity index (χ1) is 7.13. The smallest absolute Gasteiger partial charge is 0.339 e. The lowest BCUT2D eigenvalue weighted by Gasteiger charge is -2.08. The molecular formula is C11H12O4. The molecule has 15 heavy (non-hydrogen) atoms. The van der Waals surface area contributed by atoms with E-state index < -0.39 is 5.97 Å². The van der Waals surface area contributed by atoms with Crippen LogP contribution in [0.4, 0.5) is 0 Å². The topological polar surface area (TPSA) is 55.8 Å². The molecule has 0 amide bonds. The van der Waals surface area contributed by atoms with Crippen molar-refractivity contribution in [3.63, 3.8) is 0 Å². The third-order valence-electron chi connectivity index (χ3n) is 2.48. The van der Waals surface area contributed by atoms with Crippen LogP contribution in [0.25, 0.3) is 0 Å². The molecule has 1 aromatic rings. The quantitative estimate of drug-likeness (QED) is 0.803. The number of hydrogen-bond acceptors (Lipinski definition) is 3. The standard InChI is InChI=1S/C11H12O4/c1-6-5-8-9(14-2)4-3-7(11(12)13)10(8)15-6/h3-4,6H,5H2,1-2H3,(H,12,13). The fourth-order valence-electron chi connectivity index (χ4n) is 1.83. The van der Waals surface area contributed by atoms with Crippen molar-refractivity contribution >= 4 is 5.97 Å². The van der Waals surface area contributed by atoms with Crippen LogP contribution in [-0.2, 0) is 6.42 Å². The monoisotopic (exact) mass is 208 g/mol. The normalized spacial score (nSPS) is 18.1. The molecule has 0 radical (unpaired) electrons. The lowest BCUT2D eigenvalue weighted by atomic mass is 10.1. The van der Waals surface area contributed by atoms with Crippen molar-refractivity contribution in [2.45, 2.75) is 19.4 Å². The Labute approximate surface area is 87.4 Å². The zero-order valence-corrected chi connectivity index (χ0v) is 8.61. The van der Waals surface area contributed by atoms with Crippen molar-refractivity contribution in [1.82, 2.24) is 0 Å². The molecule has 1 aliphatic rings. The minimum absolute atomic E-state index is 0.00870. The summed E-state index contributed by atoms with van der Waals surface area (Å²) in [4.78, 5) is 10.9. The van der Waals surface area contributed by atoms with Gasteiger partial charge in [-0.3, -0.25) is 0 Å². The predicted octanol–water partition coefficient (Wildman–Crippen LogP) is 1.72. The van der Waals surface area contributed by atoms with Gasteiger partial charge in [-0.2, -0.15) is 0 Å². The van der Waals surface area contributed by atoms with Crippen LogP contribution in [0.15, 0.2) is 12.1 Å². The molecule has 1 N–H and O–H groups in total. The minimum atomic E-state index is -0.969. The first-order valence-corrected chi connectivity index (χ1v) is 4.73. The lowest BCUT2D eigenvalue weighted by molar-refractivity contribution is 0.0692. The molecule has 1 heterocycles. The predicted molar refractivity (Wildman–Crippen MR) is 53.7 cm³/mol. The van der Waals surface area contributed by atoms with Gasteiger partial charge in [-0.15, -0.1) is 0 Å². The van der Waals surface area contributed by atoms with Crippen LogP contribution >= 0.6 is 0 Å². The molecule has 0 fully saturated rings. The Morgan fingerprint density at radius 2 is 2.33 bits per heavy atom. The maximum atomic E-state index is 10.9. The van der Waals surface area contributed by atoms with E-state index in [-0.39, 0.29) is 11.7 Å². The van der Waals surface area contributed by atoms with E-state index in [4.69, 9.17) is 14.6 Å². The number of carboxylic acids is 1. The number of rotatable bonds is 2. The molecule has 1 aromatic carbocycles. The van der Waals surface area contributed by atoms with Crippen molar-refractivity contribution < 1.29 is 19.4 Å². The molecular weight excluding hydrogens is 196 g/mol. The first kappa shape index (κ1) is 9.83. The molecule has 4 heteroatoms. The lowest BCUT2D eigenvalue weighted by Crippen LogP contribution is -2.07. The average molecular weight is 208 g/mol. The maximum Gasteiger partial charge on any atom is 0.339 e. The van der Waals surface area contributed by atoms with Gasteiger partial charge in [-0.25, -0.2) is 4.79 Å². The molecule has 1 atom stereocenters. The van der Waals surface area contributed by atoms with Crippen molar-refractivity contribution in [2.75, 3.05) is 7.11 Å². The molecule has 0 aliphatic carbocycles.